The van der Waals surface area contributed by atoms with Crippen LogP contribution in [0, 0.1) is 0 Å². The third-order valence-corrected chi connectivity index (χ3v) is 3.42. The van der Waals surface area contributed by atoms with Gasteiger partial charge in [0, 0.05) is 6.20 Å². The van der Waals surface area contributed by atoms with Gasteiger partial charge < -0.3 is 9.73 Å². The lowest BCUT2D eigenvalue weighted by molar-refractivity contribution is 0.487. The normalized spacial score (nSPS) is 10.5. The predicted octanol–water partition coefficient (Wildman–Crippen LogP) is 3.91. The molecular formula is C12H13BrN2OS. The van der Waals surface area contributed by atoms with E-state index in [0.29, 0.717) is 6.54 Å². The van der Waals surface area contributed by atoms with Crippen molar-refractivity contribution in [2.75, 3.05) is 11.6 Å². The van der Waals surface area contributed by atoms with Gasteiger partial charge in [0.15, 0.2) is 0 Å². The number of aromatic nitrogens is 1. The molecule has 0 spiro atoms. The largest absolute Gasteiger partial charge is 0.463 e. The average Bonchev–Trinajstić information content (AvgIpc) is 2.76. The third kappa shape index (κ3) is 3.51. The SMILES string of the molecule is CSCc1ccc(CNc2cccnc2Br)o1. The Bertz CT molecular complexity index is 487. The molecule has 0 atom stereocenters. The van der Waals surface area contributed by atoms with Gasteiger partial charge in [-0.1, -0.05) is 0 Å². The Morgan fingerprint density at radius 2 is 2.18 bits per heavy atom. The van der Waals surface area contributed by atoms with Gasteiger partial charge in [0.2, 0.25) is 0 Å². The molecule has 0 bridgehead atoms. The maximum atomic E-state index is 5.67. The average molecular weight is 313 g/mol. The molecule has 0 aliphatic heterocycles. The van der Waals surface area contributed by atoms with Crippen molar-refractivity contribution in [1.29, 1.82) is 0 Å². The summed E-state index contributed by atoms with van der Waals surface area (Å²) in [4.78, 5) is 4.15. The molecule has 0 saturated carbocycles. The maximum absolute atomic E-state index is 5.67. The Morgan fingerprint density at radius 1 is 1.35 bits per heavy atom. The van der Waals surface area contributed by atoms with Gasteiger partial charge in [0.05, 0.1) is 18.0 Å². The van der Waals surface area contributed by atoms with Crippen LogP contribution in [0.5, 0.6) is 0 Å². The van der Waals surface area contributed by atoms with Gasteiger partial charge in [-0.3, -0.25) is 0 Å². The van der Waals surface area contributed by atoms with Crippen LogP contribution in [-0.2, 0) is 12.3 Å². The fourth-order valence-corrected chi connectivity index (χ4v) is 2.27. The van der Waals surface area contributed by atoms with E-state index in [2.05, 4.69) is 32.5 Å². The highest BCUT2D eigenvalue weighted by atomic mass is 79.9. The zero-order valence-corrected chi connectivity index (χ0v) is 11.8. The minimum atomic E-state index is 0.665. The number of halogens is 1. The van der Waals surface area contributed by atoms with Crippen molar-refractivity contribution in [3.8, 4) is 0 Å². The summed E-state index contributed by atoms with van der Waals surface area (Å²) < 4.78 is 6.48. The molecule has 2 rings (SSSR count). The van der Waals surface area contributed by atoms with Crippen LogP contribution in [0.15, 0.2) is 39.5 Å². The zero-order valence-electron chi connectivity index (χ0n) is 9.44. The first-order valence-electron chi connectivity index (χ1n) is 5.20. The van der Waals surface area contributed by atoms with E-state index in [1.54, 1.807) is 18.0 Å². The molecule has 0 radical (unpaired) electrons. The standard InChI is InChI=1S/C12H13BrN2OS/c1-17-8-10-5-4-9(16-10)7-15-11-3-2-6-14-12(11)13/h2-6,15H,7-8H2,1H3. The van der Waals surface area contributed by atoms with Crippen molar-refractivity contribution in [3.63, 3.8) is 0 Å². The second-order valence-electron chi connectivity index (χ2n) is 3.50. The van der Waals surface area contributed by atoms with Crippen molar-refractivity contribution >= 4 is 33.4 Å². The molecule has 0 fully saturated rings. The number of hydrogen-bond acceptors (Lipinski definition) is 4. The van der Waals surface area contributed by atoms with Crippen molar-refractivity contribution < 1.29 is 4.42 Å². The third-order valence-electron chi connectivity index (χ3n) is 2.22. The van der Waals surface area contributed by atoms with E-state index in [1.807, 2.05) is 24.3 Å². The van der Waals surface area contributed by atoms with Crippen LogP contribution >= 0.6 is 27.7 Å². The van der Waals surface area contributed by atoms with Crippen LogP contribution in [0.25, 0.3) is 0 Å². The van der Waals surface area contributed by atoms with E-state index in [-0.39, 0.29) is 0 Å². The molecule has 17 heavy (non-hydrogen) atoms. The summed E-state index contributed by atoms with van der Waals surface area (Å²) in [6, 6.07) is 7.89. The van der Waals surface area contributed by atoms with E-state index in [9.17, 15) is 0 Å². The van der Waals surface area contributed by atoms with Gasteiger partial charge in [-0.25, -0.2) is 4.98 Å². The molecule has 0 aliphatic carbocycles. The number of thioether (sulfide) groups is 1. The fourth-order valence-electron chi connectivity index (χ4n) is 1.44. The Kier molecular flexibility index (Phi) is 4.50. The van der Waals surface area contributed by atoms with Crippen LogP contribution < -0.4 is 5.32 Å². The van der Waals surface area contributed by atoms with Gasteiger partial charge >= 0.3 is 0 Å². The summed E-state index contributed by atoms with van der Waals surface area (Å²) in [5.74, 6) is 2.86. The Hall–Kier alpha value is -0.940. The van der Waals surface area contributed by atoms with Gasteiger partial charge in [-0.2, -0.15) is 11.8 Å². The fraction of sp³-hybridized carbons (Fsp3) is 0.250. The number of rotatable bonds is 5. The highest BCUT2D eigenvalue weighted by Crippen LogP contribution is 2.20. The minimum Gasteiger partial charge on any atom is -0.463 e. The number of furan rings is 1. The predicted molar refractivity (Wildman–Crippen MR) is 75.2 cm³/mol. The molecule has 1 N–H and O–H groups in total. The van der Waals surface area contributed by atoms with Gasteiger partial charge in [-0.05, 0) is 46.5 Å². The summed E-state index contributed by atoms with van der Waals surface area (Å²) in [6.07, 6.45) is 3.81. The van der Waals surface area contributed by atoms with Gasteiger partial charge in [-0.15, -0.1) is 0 Å². The van der Waals surface area contributed by atoms with Crippen LogP contribution in [0.3, 0.4) is 0 Å². The molecule has 2 heterocycles. The maximum Gasteiger partial charge on any atom is 0.129 e. The number of hydrogen-bond donors (Lipinski definition) is 1. The molecule has 5 heteroatoms. The molecule has 0 saturated heterocycles. The minimum absolute atomic E-state index is 0.665. The summed E-state index contributed by atoms with van der Waals surface area (Å²) in [7, 11) is 0. The van der Waals surface area contributed by atoms with Crippen molar-refractivity contribution in [2.24, 2.45) is 0 Å². The first-order valence-corrected chi connectivity index (χ1v) is 7.39. The number of pyridine rings is 1. The molecule has 90 valence electrons. The second kappa shape index (κ2) is 6.12. The van der Waals surface area contributed by atoms with Gasteiger partial charge in [0.25, 0.3) is 0 Å². The lowest BCUT2D eigenvalue weighted by Gasteiger charge is -2.05. The van der Waals surface area contributed by atoms with E-state index in [1.165, 1.54) is 0 Å². The quantitative estimate of drug-likeness (QED) is 0.849. The topological polar surface area (TPSA) is 38.1 Å². The highest BCUT2D eigenvalue weighted by Gasteiger charge is 2.03. The number of nitrogens with zero attached hydrogens (tertiary/aromatic N) is 1. The summed E-state index contributed by atoms with van der Waals surface area (Å²) in [5.41, 5.74) is 0.968. The first-order chi connectivity index (χ1) is 8.29. The lowest BCUT2D eigenvalue weighted by atomic mass is 10.4. The van der Waals surface area contributed by atoms with Crippen molar-refractivity contribution in [2.45, 2.75) is 12.3 Å². The molecule has 2 aromatic rings. The molecule has 0 aromatic carbocycles. The molecule has 2 aromatic heterocycles. The van der Waals surface area contributed by atoms with Crippen LogP contribution in [0.1, 0.15) is 11.5 Å². The monoisotopic (exact) mass is 312 g/mol. The van der Waals surface area contributed by atoms with Crippen LogP contribution in [0.2, 0.25) is 0 Å². The molecule has 0 aliphatic rings. The molecule has 3 nitrogen and oxygen atoms in total. The van der Waals surface area contributed by atoms with Crippen LogP contribution in [-0.4, -0.2) is 11.2 Å². The Labute approximate surface area is 113 Å². The molecule has 0 unspecified atom stereocenters. The Morgan fingerprint density at radius 3 is 2.94 bits per heavy atom. The summed E-state index contributed by atoms with van der Waals surface area (Å²) in [6.45, 7) is 0.665. The number of anilines is 1. The highest BCUT2D eigenvalue weighted by molar-refractivity contribution is 9.10. The van der Waals surface area contributed by atoms with Gasteiger partial charge in [0.1, 0.15) is 16.1 Å². The van der Waals surface area contributed by atoms with Crippen LogP contribution in [0.4, 0.5) is 5.69 Å². The lowest BCUT2D eigenvalue weighted by Crippen LogP contribution is -1.99. The Balaban J connectivity index is 1.95. The van der Waals surface area contributed by atoms with E-state index >= 15 is 0 Å². The number of nitrogens with one attached hydrogen (secondary N) is 1. The first kappa shape index (κ1) is 12.5. The summed E-state index contributed by atoms with van der Waals surface area (Å²) >= 11 is 5.15. The molecular weight excluding hydrogens is 300 g/mol. The van der Waals surface area contributed by atoms with Crippen molar-refractivity contribution in [1.82, 2.24) is 4.98 Å². The second-order valence-corrected chi connectivity index (χ2v) is 5.11. The van der Waals surface area contributed by atoms with Crippen molar-refractivity contribution in [3.05, 3.63) is 46.6 Å². The zero-order chi connectivity index (χ0) is 12.1. The summed E-state index contributed by atoms with van der Waals surface area (Å²) in [5, 5.41) is 3.27. The smallest absolute Gasteiger partial charge is 0.129 e. The van der Waals surface area contributed by atoms with E-state index < -0.39 is 0 Å². The van der Waals surface area contributed by atoms with E-state index in [0.717, 1.165) is 27.6 Å². The molecule has 0 amide bonds. The van der Waals surface area contributed by atoms with E-state index in [4.69, 9.17) is 4.42 Å².